The SMILES string of the molecule is COc1ccc(CNn2cn[nH]c2=S)c(OC)c1. The van der Waals surface area contributed by atoms with Crippen LogP contribution in [0.3, 0.4) is 0 Å². The van der Waals surface area contributed by atoms with Crippen LogP contribution in [0.5, 0.6) is 11.5 Å². The van der Waals surface area contributed by atoms with E-state index in [2.05, 4.69) is 15.6 Å². The van der Waals surface area contributed by atoms with Gasteiger partial charge in [0.1, 0.15) is 17.8 Å². The molecule has 7 heteroatoms. The predicted octanol–water partition coefficient (Wildman–Crippen LogP) is 1.70. The second kappa shape index (κ2) is 5.54. The van der Waals surface area contributed by atoms with Gasteiger partial charge in [0.2, 0.25) is 4.77 Å². The van der Waals surface area contributed by atoms with E-state index in [1.165, 1.54) is 0 Å². The second-order valence-corrected chi connectivity index (χ2v) is 3.93. The molecule has 0 fully saturated rings. The van der Waals surface area contributed by atoms with Crippen molar-refractivity contribution in [1.82, 2.24) is 14.9 Å². The fourth-order valence-corrected chi connectivity index (χ4v) is 1.69. The first-order valence-corrected chi connectivity index (χ1v) is 5.72. The van der Waals surface area contributed by atoms with Crippen LogP contribution in [0.15, 0.2) is 24.5 Å². The van der Waals surface area contributed by atoms with Crippen LogP contribution in [0.1, 0.15) is 5.56 Å². The van der Waals surface area contributed by atoms with Crippen molar-refractivity contribution in [2.45, 2.75) is 6.54 Å². The lowest BCUT2D eigenvalue weighted by Crippen LogP contribution is -2.14. The van der Waals surface area contributed by atoms with Gasteiger partial charge in [0.15, 0.2) is 0 Å². The summed E-state index contributed by atoms with van der Waals surface area (Å²) in [5, 5.41) is 6.49. The highest BCUT2D eigenvalue weighted by molar-refractivity contribution is 7.71. The van der Waals surface area contributed by atoms with E-state index in [1.54, 1.807) is 25.2 Å². The third-order valence-corrected chi connectivity index (χ3v) is 2.77. The molecule has 1 heterocycles. The largest absolute Gasteiger partial charge is 0.497 e. The monoisotopic (exact) mass is 266 g/mol. The van der Waals surface area contributed by atoms with Crippen LogP contribution in [-0.2, 0) is 6.54 Å². The summed E-state index contributed by atoms with van der Waals surface area (Å²) in [6.45, 7) is 0.570. The van der Waals surface area contributed by atoms with Crippen LogP contribution in [0.2, 0.25) is 0 Å². The molecule has 18 heavy (non-hydrogen) atoms. The maximum atomic E-state index is 5.31. The molecule has 0 atom stereocenters. The van der Waals surface area contributed by atoms with Gasteiger partial charge < -0.3 is 14.9 Å². The molecule has 96 valence electrons. The number of H-pyrrole nitrogens is 1. The number of hydrogen-bond donors (Lipinski definition) is 2. The van der Waals surface area contributed by atoms with Crippen molar-refractivity contribution < 1.29 is 9.47 Å². The molecule has 0 aliphatic rings. The summed E-state index contributed by atoms with van der Waals surface area (Å²) in [5.41, 5.74) is 4.12. The van der Waals surface area contributed by atoms with Gasteiger partial charge in [0.25, 0.3) is 0 Å². The lowest BCUT2D eigenvalue weighted by Gasteiger charge is -2.11. The molecule has 0 saturated heterocycles. The van der Waals surface area contributed by atoms with Gasteiger partial charge in [-0.1, -0.05) is 0 Å². The molecule has 6 nitrogen and oxygen atoms in total. The number of aromatic nitrogens is 3. The van der Waals surface area contributed by atoms with E-state index in [0.717, 1.165) is 17.1 Å². The Hall–Kier alpha value is -2.02. The van der Waals surface area contributed by atoms with Gasteiger partial charge in [-0.15, -0.1) is 0 Å². The number of aromatic amines is 1. The summed E-state index contributed by atoms with van der Waals surface area (Å²) in [6, 6.07) is 5.66. The van der Waals surface area contributed by atoms with E-state index in [0.29, 0.717) is 11.3 Å². The molecule has 0 saturated carbocycles. The maximum Gasteiger partial charge on any atom is 0.214 e. The van der Waals surface area contributed by atoms with Gasteiger partial charge in [-0.25, -0.2) is 4.68 Å². The van der Waals surface area contributed by atoms with Crippen molar-refractivity contribution in [2.75, 3.05) is 19.6 Å². The summed E-state index contributed by atoms with van der Waals surface area (Å²) in [7, 11) is 3.25. The minimum absolute atomic E-state index is 0.516. The summed E-state index contributed by atoms with van der Waals surface area (Å²) in [4.78, 5) is 0. The first kappa shape index (κ1) is 12.4. The molecule has 0 aliphatic carbocycles. The van der Waals surface area contributed by atoms with Crippen molar-refractivity contribution >= 4 is 12.2 Å². The Bertz CT molecular complexity index is 578. The highest BCUT2D eigenvalue weighted by atomic mass is 32.1. The van der Waals surface area contributed by atoms with Gasteiger partial charge in [-0.05, 0) is 24.4 Å². The van der Waals surface area contributed by atoms with E-state index < -0.39 is 0 Å². The summed E-state index contributed by atoms with van der Waals surface area (Å²) in [5.74, 6) is 1.52. The molecule has 0 bridgehead atoms. The summed E-state index contributed by atoms with van der Waals surface area (Å²) in [6.07, 6.45) is 1.58. The number of rotatable bonds is 5. The third-order valence-electron chi connectivity index (χ3n) is 2.49. The summed E-state index contributed by atoms with van der Waals surface area (Å²) < 4.78 is 12.6. The van der Waals surface area contributed by atoms with E-state index in [4.69, 9.17) is 21.7 Å². The zero-order chi connectivity index (χ0) is 13.0. The van der Waals surface area contributed by atoms with Crippen LogP contribution >= 0.6 is 12.2 Å². The molecule has 1 aromatic heterocycles. The van der Waals surface area contributed by atoms with Crippen LogP contribution in [0, 0.1) is 4.77 Å². The Kier molecular flexibility index (Phi) is 3.83. The van der Waals surface area contributed by atoms with Crippen LogP contribution < -0.4 is 14.9 Å². The Morgan fingerprint density at radius 1 is 1.39 bits per heavy atom. The normalized spacial score (nSPS) is 10.1. The molecule has 2 aromatic rings. The zero-order valence-corrected chi connectivity index (χ0v) is 11.0. The molecule has 0 radical (unpaired) electrons. The Morgan fingerprint density at radius 2 is 2.22 bits per heavy atom. The molecule has 0 amide bonds. The first-order chi connectivity index (χ1) is 8.74. The number of benzene rings is 1. The quantitative estimate of drug-likeness (QED) is 0.806. The highest BCUT2D eigenvalue weighted by Crippen LogP contribution is 2.24. The number of methoxy groups -OCH3 is 2. The zero-order valence-electron chi connectivity index (χ0n) is 10.1. The minimum atomic E-state index is 0.516. The van der Waals surface area contributed by atoms with Crippen molar-refractivity contribution in [1.29, 1.82) is 0 Å². The third kappa shape index (κ3) is 2.62. The average molecular weight is 266 g/mol. The number of ether oxygens (including phenoxy) is 2. The standard InChI is InChI=1S/C11H14N4O2S/c1-16-9-4-3-8(10(5-9)17-2)6-13-15-7-12-14-11(15)18/h3-5,7,13H,6H2,1-2H3,(H,14,18). The highest BCUT2D eigenvalue weighted by Gasteiger charge is 2.05. The fourth-order valence-electron chi connectivity index (χ4n) is 1.53. The van der Waals surface area contributed by atoms with Crippen LogP contribution in [0.4, 0.5) is 0 Å². The predicted molar refractivity (Wildman–Crippen MR) is 70.0 cm³/mol. The van der Waals surface area contributed by atoms with E-state index in [1.807, 2.05) is 18.2 Å². The molecule has 1 aromatic carbocycles. The molecule has 0 aliphatic heterocycles. The van der Waals surface area contributed by atoms with E-state index in [9.17, 15) is 0 Å². The van der Waals surface area contributed by atoms with E-state index >= 15 is 0 Å². The summed E-state index contributed by atoms with van der Waals surface area (Å²) >= 11 is 5.03. The second-order valence-electron chi connectivity index (χ2n) is 3.54. The molecule has 0 unspecified atom stereocenters. The molecule has 0 spiro atoms. The van der Waals surface area contributed by atoms with Gasteiger partial charge in [0.05, 0.1) is 20.8 Å². The fraction of sp³-hybridized carbons (Fsp3) is 0.273. The lowest BCUT2D eigenvalue weighted by atomic mass is 10.2. The average Bonchev–Trinajstić information content (AvgIpc) is 2.81. The lowest BCUT2D eigenvalue weighted by molar-refractivity contribution is 0.391. The topological polar surface area (TPSA) is 64.1 Å². The Morgan fingerprint density at radius 3 is 2.83 bits per heavy atom. The van der Waals surface area contributed by atoms with Gasteiger partial charge in [0, 0.05) is 11.6 Å². The van der Waals surface area contributed by atoms with Crippen LogP contribution in [-0.4, -0.2) is 29.1 Å². The minimum Gasteiger partial charge on any atom is -0.497 e. The number of hydrogen-bond acceptors (Lipinski definition) is 5. The number of nitrogens with one attached hydrogen (secondary N) is 2. The van der Waals surface area contributed by atoms with E-state index in [-0.39, 0.29) is 0 Å². The van der Waals surface area contributed by atoms with Crippen molar-refractivity contribution in [3.8, 4) is 11.5 Å². The van der Waals surface area contributed by atoms with Gasteiger partial charge in [-0.2, -0.15) is 5.10 Å². The number of nitrogens with zero attached hydrogens (tertiary/aromatic N) is 2. The smallest absolute Gasteiger partial charge is 0.214 e. The van der Waals surface area contributed by atoms with Crippen molar-refractivity contribution in [3.05, 3.63) is 34.9 Å². The molecule has 2 rings (SSSR count). The van der Waals surface area contributed by atoms with Crippen molar-refractivity contribution in [2.24, 2.45) is 0 Å². The van der Waals surface area contributed by atoms with Gasteiger partial charge >= 0.3 is 0 Å². The molecular formula is C11H14N4O2S. The molecular weight excluding hydrogens is 252 g/mol. The maximum absolute atomic E-state index is 5.31. The Labute approximate surface area is 110 Å². The first-order valence-electron chi connectivity index (χ1n) is 5.31. The Balaban J connectivity index is 2.14. The van der Waals surface area contributed by atoms with Crippen molar-refractivity contribution in [3.63, 3.8) is 0 Å². The van der Waals surface area contributed by atoms with Crippen LogP contribution in [0.25, 0.3) is 0 Å². The molecule has 2 N–H and O–H groups in total. The van der Waals surface area contributed by atoms with Gasteiger partial charge in [-0.3, -0.25) is 5.10 Å².